The second-order valence-corrected chi connectivity index (χ2v) is 5.10. The molecule has 0 amide bonds. The van der Waals surface area contributed by atoms with Crippen molar-refractivity contribution in [2.45, 2.75) is 23.6 Å². The first kappa shape index (κ1) is 9.73. The third-order valence-electron chi connectivity index (χ3n) is 2.30. The Hall–Kier alpha value is -0.810. The van der Waals surface area contributed by atoms with Crippen LogP contribution in [0.1, 0.15) is 12.1 Å². The van der Waals surface area contributed by atoms with E-state index in [0.717, 1.165) is 25.2 Å². The Bertz CT molecular complexity index is 332. The lowest BCUT2D eigenvalue weighted by atomic mass is 10.4. The number of hydrogen-bond acceptors (Lipinski definition) is 4. The summed E-state index contributed by atoms with van der Waals surface area (Å²) in [6.45, 7) is 3.65. The quantitative estimate of drug-likeness (QED) is 0.762. The lowest BCUT2D eigenvalue weighted by Gasteiger charge is -2.06. The lowest BCUT2D eigenvalue weighted by molar-refractivity contribution is 0.666. The van der Waals surface area contributed by atoms with Crippen molar-refractivity contribution in [3.05, 3.63) is 17.8 Å². The first-order valence-corrected chi connectivity index (χ1v) is 5.90. The molecule has 1 aromatic heterocycles. The van der Waals surface area contributed by atoms with Gasteiger partial charge >= 0.3 is 0 Å². The maximum absolute atomic E-state index is 11.9. The zero-order valence-electron chi connectivity index (χ0n) is 8.06. The molecule has 4 nitrogen and oxygen atoms in total. The molecule has 1 aliphatic rings. The molecule has 5 heteroatoms. The first-order valence-electron chi connectivity index (χ1n) is 4.69. The van der Waals surface area contributed by atoms with Crippen molar-refractivity contribution in [1.29, 1.82) is 0 Å². The molecular formula is C9H13N3OS. The van der Waals surface area contributed by atoms with Crippen LogP contribution in [0.3, 0.4) is 0 Å². The zero-order valence-corrected chi connectivity index (χ0v) is 8.88. The average molecular weight is 211 g/mol. The predicted molar refractivity (Wildman–Crippen MR) is 54.5 cm³/mol. The molecule has 0 aliphatic carbocycles. The summed E-state index contributed by atoms with van der Waals surface area (Å²) in [7, 11) is -1.00. The van der Waals surface area contributed by atoms with Gasteiger partial charge in [-0.3, -0.25) is 4.21 Å². The van der Waals surface area contributed by atoms with Crippen molar-refractivity contribution in [3.8, 4) is 0 Å². The molecule has 0 bridgehead atoms. The minimum atomic E-state index is -1.00. The van der Waals surface area contributed by atoms with Gasteiger partial charge in [0.2, 0.25) is 0 Å². The molecule has 1 aromatic rings. The Morgan fingerprint density at radius 1 is 1.50 bits per heavy atom. The Morgan fingerprint density at radius 3 is 2.93 bits per heavy atom. The maximum Gasteiger partial charge on any atom is 0.150 e. The third-order valence-corrected chi connectivity index (χ3v) is 3.94. The second-order valence-electron chi connectivity index (χ2n) is 3.43. The Morgan fingerprint density at radius 2 is 2.36 bits per heavy atom. The van der Waals surface area contributed by atoms with Crippen molar-refractivity contribution in [2.75, 3.05) is 13.1 Å². The molecule has 76 valence electrons. The third kappa shape index (κ3) is 1.99. The summed E-state index contributed by atoms with van der Waals surface area (Å²) >= 11 is 0. The highest BCUT2D eigenvalue weighted by Crippen LogP contribution is 2.13. The summed E-state index contributed by atoms with van der Waals surface area (Å²) in [5, 5.41) is 11.8. The fourth-order valence-electron chi connectivity index (χ4n) is 1.48. The molecule has 2 heterocycles. The highest BCUT2D eigenvalue weighted by Gasteiger charge is 2.23. The van der Waals surface area contributed by atoms with E-state index >= 15 is 0 Å². The molecule has 14 heavy (non-hydrogen) atoms. The summed E-state index contributed by atoms with van der Waals surface area (Å²) in [4.78, 5) is 0. The van der Waals surface area contributed by atoms with Gasteiger partial charge in [-0.1, -0.05) is 0 Å². The number of aryl methyl sites for hydroxylation is 1. The van der Waals surface area contributed by atoms with E-state index in [1.807, 2.05) is 13.0 Å². The second kappa shape index (κ2) is 4.14. The summed E-state index contributed by atoms with van der Waals surface area (Å²) in [5.74, 6) is 0. The lowest BCUT2D eigenvalue weighted by Crippen LogP contribution is -2.19. The van der Waals surface area contributed by atoms with Gasteiger partial charge in [0.25, 0.3) is 0 Å². The van der Waals surface area contributed by atoms with E-state index in [1.54, 1.807) is 6.07 Å². The largest absolute Gasteiger partial charge is 0.315 e. The number of rotatable bonds is 2. The summed E-state index contributed by atoms with van der Waals surface area (Å²) in [6.07, 6.45) is 0.960. The molecular weight excluding hydrogens is 198 g/mol. The minimum Gasteiger partial charge on any atom is -0.315 e. The van der Waals surface area contributed by atoms with Crippen LogP contribution < -0.4 is 5.32 Å². The number of hydrogen-bond donors (Lipinski definition) is 1. The molecule has 0 aromatic carbocycles. The van der Waals surface area contributed by atoms with E-state index < -0.39 is 10.8 Å². The Labute approximate surface area is 85.6 Å². The molecule has 1 N–H and O–H groups in total. The number of nitrogens with one attached hydrogen (secondary N) is 1. The molecule has 1 aliphatic heterocycles. The van der Waals surface area contributed by atoms with Crippen molar-refractivity contribution >= 4 is 10.8 Å². The van der Waals surface area contributed by atoms with Crippen molar-refractivity contribution in [3.63, 3.8) is 0 Å². The van der Waals surface area contributed by atoms with E-state index in [9.17, 15) is 4.21 Å². The van der Waals surface area contributed by atoms with Gasteiger partial charge in [0.05, 0.1) is 21.7 Å². The van der Waals surface area contributed by atoms with Gasteiger partial charge in [-0.05, 0) is 32.0 Å². The van der Waals surface area contributed by atoms with Gasteiger partial charge in [0.1, 0.15) is 5.03 Å². The minimum absolute atomic E-state index is 0.201. The average Bonchev–Trinajstić information content (AvgIpc) is 2.71. The standard InChI is InChI=1S/C9H13N3OS/c1-7-2-3-9(12-11-7)14(13)8-4-5-10-6-8/h2-3,8,10H,4-6H2,1H3/t8-,14-/m1/s1. The summed E-state index contributed by atoms with van der Waals surface area (Å²) in [5.41, 5.74) is 0.857. The van der Waals surface area contributed by atoms with Gasteiger partial charge in [0, 0.05) is 6.54 Å². The Balaban J connectivity index is 2.14. The molecule has 0 spiro atoms. The van der Waals surface area contributed by atoms with Crippen LogP contribution >= 0.6 is 0 Å². The van der Waals surface area contributed by atoms with E-state index in [2.05, 4.69) is 15.5 Å². The molecule has 1 saturated heterocycles. The van der Waals surface area contributed by atoms with E-state index in [1.165, 1.54) is 0 Å². The van der Waals surface area contributed by atoms with Gasteiger partial charge in [0.15, 0.2) is 0 Å². The van der Waals surface area contributed by atoms with Gasteiger partial charge in [-0.25, -0.2) is 0 Å². The smallest absolute Gasteiger partial charge is 0.150 e. The molecule has 1 fully saturated rings. The van der Waals surface area contributed by atoms with Crippen LogP contribution in [0.5, 0.6) is 0 Å². The van der Waals surface area contributed by atoms with E-state index in [4.69, 9.17) is 0 Å². The van der Waals surface area contributed by atoms with Gasteiger partial charge in [-0.15, -0.1) is 5.10 Å². The van der Waals surface area contributed by atoms with Gasteiger partial charge < -0.3 is 5.32 Å². The summed E-state index contributed by atoms with van der Waals surface area (Å²) in [6, 6.07) is 3.65. The fraction of sp³-hybridized carbons (Fsp3) is 0.556. The number of aromatic nitrogens is 2. The molecule has 0 radical (unpaired) electrons. The first-order chi connectivity index (χ1) is 6.77. The zero-order chi connectivity index (χ0) is 9.97. The van der Waals surface area contributed by atoms with Crippen LogP contribution in [0.15, 0.2) is 17.2 Å². The predicted octanol–water partition coefficient (Wildman–Crippen LogP) is 0.255. The molecule has 2 rings (SSSR count). The Kier molecular flexibility index (Phi) is 2.88. The SMILES string of the molecule is Cc1ccc([S@](=O)[C@@H]2CCNC2)nn1. The summed E-state index contributed by atoms with van der Waals surface area (Å²) < 4.78 is 11.9. The maximum atomic E-state index is 11.9. The monoisotopic (exact) mass is 211 g/mol. The highest BCUT2D eigenvalue weighted by atomic mass is 32.2. The molecule has 0 saturated carbocycles. The van der Waals surface area contributed by atoms with Crippen molar-refractivity contribution in [1.82, 2.24) is 15.5 Å². The normalized spacial score (nSPS) is 23.6. The fourth-order valence-corrected chi connectivity index (χ4v) is 2.74. The highest BCUT2D eigenvalue weighted by molar-refractivity contribution is 7.85. The van der Waals surface area contributed by atoms with Crippen LogP contribution in [0.4, 0.5) is 0 Å². The van der Waals surface area contributed by atoms with Crippen LogP contribution in [0.25, 0.3) is 0 Å². The topological polar surface area (TPSA) is 54.9 Å². The van der Waals surface area contributed by atoms with Gasteiger partial charge in [-0.2, -0.15) is 5.10 Å². The van der Waals surface area contributed by atoms with Crippen LogP contribution in [0.2, 0.25) is 0 Å². The van der Waals surface area contributed by atoms with Crippen molar-refractivity contribution < 1.29 is 4.21 Å². The van der Waals surface area contributed by atoms with Crippen LogP contribution in [-0.4, -0.2) is 32.7 Å². The van der Waals surface area contributed by atoms with Crippen molar-refractivity contribution in [2.24, 2.45) is 0 Å². The molecule has 0 unspecified atom stereocenters. The molecule has 2 atom stereocenters. The van der Waals surface area contributed by atoms with E-state index in [0.29, 0.717) is 5.03 Å². The van der Waals surface area contributed by atoms with Crippen LogP contribution in [0, 0.1) is 6.92 Å². The van der Waals surface area contributed by atoms with E-state index in [-0.39, 0.29) is 5.25 Å². The van der Waals surface area contributed by atoms with Crippen LogP contribution in [-0.2, 0) is 10.8 Å². The number of nitrogens with zero attached hydrogens (tertiary/aromatic N) is 2.